The molecule has 92 valence electrons. The van der Waals surface area contributed by atoms with E-state index in [0.717, 1.165) is 11.1 Å². The highest BCUT2D eigenvalue weighted by atomic mass is 35.5. The van der Waals surface area contributed by atoms with Crippen molar-refractivity contribution in [3.63, 3.8) is 0 Å². The van der Waals surface area contributed by atoms with Crippen LogP contribution >= 0.6 is 11.6 Å². The maximum Gasteiger partial charge on any atom is 0.337 e. The lowest BCUT2D eigenvalue weighted by atomic mass is 9.99. The number of aromatic carboxylic acids is 1. The summed E-state index contributed by atoms with van der Waals surface area (Å²) < 4.78 is 0. The second-order valence-corrected chi connectivity index (χ2v) is 4.23. The number of carbonyl (C=O) groups is 1. The molecule has 0 aliphatic heterocycles. The topological polar surface area (TPSA) is 57.5 Å². The minimum absolute atomic E-state index is 0.0401. The van der Waals surface area contributed by atoms with Gasteiger partial charge in [0, 0.05) is 0 Å². The van der Waals surface area contributed by atoms with Crippen LogP contribution in [0.25, 0.3) is 11.1 Å². The minimum Gasteiger partial charge on any atom is -0.478 e. The van der Waals surface area contributed by atoms with Gasteiger partial charge in [0.2, 0.25) is 0 Å². The minimum atomic E-state index is -1.05. The van der Waals surface area contributed by atoms with Crippen LogP contribution < -0.4 is 0 Å². The van der Waals surface area contributed by atoms with Gasteiger partial charge in [0.1, 0.15) is 0 Å². The lowest BCUT2D eigenvalue weighted by Crippen LogP contribution is -2.00. The number of aliphatic hydroxyl groups excluding tert-OH is 1. The van der Waals surface area contributed by atoms with E-state index in [0.29, 0.717) is 5.56 Å². The summed E-state index contributed by atoms with van der Waals surface area (Å²) in [6, 6.07) is 12.0. The summed E-state index contributed by atoms with van der Waals surface area (Å²) in [5.74, 6) is -1.05. The van der Waals surface area contributed by atoms with Gasteiger partial charge < -0.3 is 10.2 Å². The van der Waals surface area contributed by atoms with Crippen molar-refractivity contribution in [2.75, 3.05) is 0 Å². The smallest absolute Gasteiger partial charge is 0.337 e. The zero-order chi connectivity index (χ0) is 13.1. The third kappa shape index (κ3) is 2.37. The van der Waals surface area contributed by atoms with Crippen LogP contribution in [0, 0.1) is 0 Å². The van der Waals surface area contributed by atoms with E-state index in [-0.39, 0.29) is 17.2 Å². The number of benzene rings is 2. The Morgan fingerprint density at radius 2 is 1.78 bits per heavy atom. The Morgan fingerprint density at radius 1 is 1.11 bits per heavy atom. The van der Waals surface area contributed by atoms with E-state index < -0.39 is 5.97 Å². The van der Waals surface area contributed by atoms with E-state index >= 15 is 0 Å². The SMILES string of the molecule is O=C(O)c1c(Cl)cccc1-c1ccc(CO)cc1. The monoisotopic (exact) mass is 262 g/mol. The third-order valence-corrected chi connectivity index (χ3v) is 2.99. The first kappa shape index (κ1) is 12.6. The first-order valence-corrected chi connectivity index (χ1v) is 5.73. The van der Waals surface area contributed by atoms with Gasteiger partial charge in [-0.05, 0) is 22.8 Å². The molecule has 0 fully saturated rings. The van der Waals surface area contributed by atoms with Crippen LogP contribution in [0.4, 0.5) is 0 Å². The summed E-state index contributed by atoms with van der Waals surface area (Å²) in [6.07, 6.45) is 0. The van der Waals surface area contributed by atoms with Crippen LogP contribution in [0.5, 0.6) is 0 Å². The molecule has 0 atom stereocenters. The fourth-order valence-corrected chi connectivity index (χ4v) is 2.03. The van der Waals surface area contributed by atoms with E-state index in [1.165, 1.54) is 0 Å². The highest BCUT2D eigenvalue weighted by Gasteiger charge is 2.15. The second-order valence-electron chi connectivity index (χ2n) is 3.82. The Balaban J connectivity index is 2.56. The Labute approximate surface area is 109 Å². The van der Waals surface area contributed by atoms with Gasteiger partial charge in [-0.1, -0.05) is 48.0 Å². The van der Waals surface area contributed by atoms with Crippen LogP contribution in [0.1, 0.15) is 15.9 Å². The Bertz CT molecular complexity index is 576. The predicted octanol–water partition coefficient (Wildman–Crippen LogP) is 3.20. The van der Waals surface area contributed by atoms with E-state index in [9.17, 15) is 9.90 Å². The Morgan fingerprint density at radius 3 is 2.33 bits per heavy atom. The van der Waals surface area contributed by atoms with Crippen molar-refractivity contribution >= 4 is 17.6 Å². The van der Waals surface area contributed by atoms with Gasteiger partial charge in [0.15, 0.2) is 0 Å². The van der Waals surface area contributed by atoms with Crippen molar-refractivity contribution in [1.82, 2.24) is 0 Å². The van der Waals surface area contributed by atoms with Crippen molar-refractivity contribution in [1.29, 1.82) is 0 Å². The normalized spacial score (nSPS) is 10.3. The highest BCUT2D eigenvalue weighted by Crippen LogP contribution is 2.29. The van der Waals surface area contributed by atoms with E-state index in [1.807, 2.05) is 0 Å². The molecular formula is C14H11ClO3. The number of hydrogen-bond donors (Lipinski definition) is 2. The summed E-state index contributed by atoms with van der Waals surface area (Å²) in [5, 5.41) is 18.4. The molecule has 0 amide bonds. The number of aliphatic hydroxyl groups is 1. The maximum atomic E-state index is 11.2. The predicted molar refractivity (Wildman–Crippen MR) is 69.8 cm³/mol. The van der Waals surface area contributed by atoms with Gasteiger partial charge in [-0.25, -0.2) is 4.79 Å². The summed E-state index contributed by atoms with van der Waals surface area (Å²) in [4.78, 5) is 11.2. The molecule has 4 heteroatoms. The zero-order valence-electron chi connectivity index (χ0n) is 9.43. The van der Waals surface area contributed by atoms with Crippen LogP contribution in [-0.4, -0.2) is 16.2 Å². The Kier molecular flexibility index (Phi) is 3.65. The van der Waals surface area contributed by atoms with Crippen LogP contribution in [-0.2, 0) is 6.61 Å². The average Bonchev–Trinajstić information content (AvgIpc) is 2.38. The molecule has 0 heterocycles. The lowest BCUT2D eigenvalue weighted by Gasteiger charge is -2.08. The molecule has 0 aliphatic carbocycles. The molecule has 0 saturated heterocycles. The van der Waals surface area contributed by atoms with Crippen molar-refractivity contribution in [2.24, 2.45) is 0 Å². The average molecular weight is 263 g/mol. The number of halogens is 1. The number of carboxylic acids is 1. The van der Waals surface area contributed by atoms with Gasteiger partial charge in [0.25, 0.3) is 0 Å². The van der Waals surface area contributed by atoms with E-state index in [1.54, 1.807) is 42.5 Å². The number of carboxylic acid groups (broad SMARTS) is 1. The van der Waals surface area contributed by atoms with Crippen molar-refractivity contribution in [3.05, 3.63) is 58.6 Å². The van der Waals surface area contributed by atoms with E-state index in [4.69, 9.17) is 16.7 Å². The first-order chi connectivity index (χ1) is 8.63. The molecule has 0 aromatic heterocycles. The molecule has 18 heavy (non-hydrogen) atoms. The molecule has 0 spiro atoms. The largest absolute Gasteiger partial charge is 0.478 e. The molecule has 3 nitrogen and oxygen atoms in total. The van der Waals surface area contributed by atoms with Crippen molar-refractivity contribution < 1.29 is 15.0 Å². The van der Waals surface area contributed by atoms with Crippen LogP contribution in [0.3, 0.4) is 0 Å². The lowest BCUT2D eigenvalue weighted by molar-refractivity contribution is 0.0698. The second kappa shape index (κ2) is 5.21. The van der Waals surface area contributed by atoms with Gasteiger partial charge in [-0.2, -0.15) is 0 Å². The molecule has 0 saturated carbocycles. The fraction of sp³-hybridized carbons (Fsp3) is 0.0714. The molecule has 2 aromatic carbocycles. The van der Waals surface area contributed by atoms with Gasteiger partial charge in [-0.15, -0.1) is 0 Å². The molecule has 0 radical (unpaired) electrons. The molecule has 2 N–H and O–H groups in total. The number of hydrogen-bond acceptors (Lipinski definition) is 2. The zero-order valence-corrected chi connectivity index (χ0v) is 10.2. The summed E-state index contributed by atoms with van der Waals surface area (Å²) >= 11 is 5.91. The summed E-state index contributed by atoms with van der Waals surface area (Å²) in [6.45, 7) is -0.0401. The van der Waals surface area contributed by atoms with Crippen molar-refractivity contribution in [3.8, 4) is 11.1 Å². The summed E-state index contributed by atoms with van der Waals surface area (Å²) in [5.41, 5.74) is 2.19. The number of rotatable bonds is 3. The molecule has 0 unspecified atom stereocenters. The molecular weight excluding hydrogens is 252 g/mol. The first-order valence-electron chi connectivity index (χ1n) is 5.35. The molecule has 0 aliphatic rings. The third-order valence-electron chi connectivity index (χ3n) is 2.67. The van der Waals surface area contributed by atoms with Crippen LogP contribution in [0.15, 0.2) is 42.5 Å². The summed E-state index contributed by atoms with van der Waals surface area (Å²) in [7, 11) is 0. The van der Waals surface area contributed by atoms with Gasteiger partial charge in [0.05, 0.1) is 17.2 Å². The molecule has 0 bridgehead atoms. The quantitative estimate of drug-likeness (QED) is 0.893. The Hall–Kier alpha value is -1.84. The molecule has 2 aromatic rings. The maximum absolute atomic E-state index is 11.2. The fourth-order valence-electron chi connectivity index (χ4n) is 1.77. The van der Waals surface area contributed by atoms with Crippen LogP contribution in [0.2, 0.25) is 5.02 Å². The highest BCUT2D eigenvalue weighted by molar-refractivity contribution is 6.34. The standard InChI is InChI=1S/C14H11ClO3/c15-12-3-1-2-11(13(12)14(17)18)10-6-4-9(8-16)5-7-10/h1-7,16H,8H2,(H,17,18). The molecule has 2 rings (SSSR count). The van der Waals surface area contributed by atoms with E-state index in [2.05, 4.69) is 0 Å². The van der Waals surface area contributed by atoms with Gasteiger partial charge in [-0.3, -0.25) is 0 Å². The van der Waals surface area contributed by atoms with Crippen molar-refractivity contribution in [2.45, 2.75) is 6.61 Å². The van der Waals surface area contributed by atoms with Gasteiger partial charge >= 0.3 is 5.97 Å².